The standard InChI is InChI=1S/C10H18N2O4S/c11-10(3-4-16-7-10)9(13)12-6-8-2-1-5-17(8,14)15/h8H,1-7,11H2,(H,12,13). The van der Waals surface area contributed by atoms with Gasteiger partial charge in [0.25, 0.3) is 0 Å². The van der Waals surface area contributed by atoms with E-state index in [1.165, 1.54) is 0 Å². The van der Waals surface area contributed by atoms with Gasteiger partial charge >= 0.3 is 0 Å². The van der Waals surface area contributed by atoms with Gasteiger partial charge in [-0.15, -0.1) is 0 Å². The van der Waals surface area contributed by atoms with Gasteiger partial charge in [-0.1, -0.05) is 0 Å². The van der Waals surface area contributed by atoms with Gasteiger partial charge in [-0.05, 0) is 19.3 Å². The summed E-state index contributed by atoms with van der Waals surface area (Å²) in [7, 11) is -3.01. The monoisotopic (exact) mass is 262 g/mol. The van der Waals surface area contributed by atoms with Gasteiger partial charge in [-0.25, -0.2) is 8.42 Å². The summed E-state index contributed by atoms with van der Waals surface area (Å²) in [4.78, 5) is 11.8. The molecule has 2 saturated heterocycles. The molecule has 2 fully saturated rings. The number of nitrogens with one attached hydrogen (secondary N) is 1. The summed E-state index contributed by atoms with van der Waals surface area (Å²) in [6.45, 7) is 0.849. The van der Waals surface area contributed by atoms with E-state index >= 15 is 0 Å². The van der Waals surface area contributed by atoms with Gasteiger partial charge in [-0.2, -0.15) is 0 Å². The third-order valence-corrected chi connectivity index (χ3v) is 5.73. The van der Waals surface area contributed by atoms with Crippen molar-refractivity contribution in [1.29, 1.82) is 0 Å². The highest BCUT2D eigenvalue weighted by Crippen LogP contribution is 2.20. The molecule has 0 aromatic heterocycles. The summed E-state index contributed by atoms with van der Waals surface area (Å²) >= 11 is 0. The predicted octanol–water partition coefficient (Wildman–Crippen LogP) is -1.20. The van der Waals surface area contributed by atoms with E-state index in [1.54, 1.807) is 0 Å². The van der Waals surface area contributed by atoms with Crippen molar-refractivity contribution in [3.8, 4) is 0 Å². The van der Waals surface area contributed by atoms with Crippen LogP contribution in [-0.2, 0) is 19.4 Å². The summed E-state index contributed by atoms with van der Waals surface area (Å²) < 4.78 is 28.2. The highest BCUT2D eigenvalue weighted by Gasteiger charge is 2.39. The van der Waals surface area contributed by atoms with Gasteiger partial charge in [0.2, 0.25) is 5.91 Å². The van der Waals surface area contributed by atoms with E-state index in [4.69, 9.17) is 10.5 Å². The molecule has 0 spiro atoms. The Morgan fingerprint density at radius 2 is 2.29 bits per heavy atom. The fourth-order valence-corrected chi connectivity index (χ4v) is 4.00. The average molecular weight is 262 g/mol. The molecule has 3 N–H and O–H groups in total. The molecule has 2 aliphatic rings. The lowest BCUT2D eigenvalue weighted by molar-refractivity contribution is -0.126. The van der Waals surface area contributed by atoms with Crippen LogP contribution in [0.4, 0.5) is 0 Å². The van der Waals surface area contributed by atoms with Gasteiger partial charge in [0.1, 0.15) is 5.54 Å². The SMILES string of the molecule is NC1(C(=O)NCC2CCCS2(=O)=O)CCOC1. The van der Waals surface area contributed by atoms with Crippen LogP contribution in [-0.4, -0.2) is 50.6 Å². The van der Waals surface area contributed by atoms with Crippen molar-refractivity contribution in [3.63, 3.8) is 0 Å². The second kappa shape index (κ2) is 4.55. The molecule has 7 heteroatoms. The maximum atomic E-state index is 11.8. The molecular formula is C10H18N2O4S. The van der Waals surface area contributed by atoms with Gasteiger partial charge in [-0.3, -0.25) is 4.79 Å². The second-order valence-corrected chi connectivity index (χ2v) is 7.20. The normalized spacial score (nSPS) is 35.9. The Balaban J connectivity index is 1.88. The van der Waals surface area contributed by atoms with E-state index in [1.807, 2.05) is 0 Å². The Morgan fingerprint density at radius 3 is 2.82 bits per heavy atom. The van der Waals surface area contributed by atoms with Crippen LogP contribution in [0.15, 0.2) is 0 Å². The third kappa shape index (κ3) is 2.61. The Bertz CT molecular complexity index is 401. The summed E-state index contributed by atoms with van der Waals surface area (Å²) in [5, 5.41) is 2.19. The fourth-order valence-electron chi connectivity index (χ4n) is 2.23. The zero-order chi connectivity index (χ0) is 12.5. The van der Waals surface area contributed by atoms with Gasteiger partial charge in [0.15, 0.2) is 9.84 Å². The van der Waals surface area contributed by atoms with Crippen LogP contribution in [0.5, 0.6) is 0 Å². The molecule has 0 aromatic carbocycles. The molecule has 0 aromatic rings. The number of amides is 1. The van der Waals surface area contributed by atoms with Crippen LogP contribution in [0.2, 0.25) is 0 Å². The first-order valence-electron chi connectivity index (χ1n) is 5.81. The Labute approximate surface area is 101 Å². The maximum Gasteiger partial charge on any atom is 0.242 e. The number of hydrogen-bond acceptors (Lipinski definition) is 5. The number of ether oxygens (including phenoxy) is 1. The second-order valence-electron chi connectivity index (χ2n) is 4.80. The van der Waals surface area contributed by atoms with E-state index in [2.05, 4.69) is 5.32 Å². The highest BCUT2D eigenvalue weighted by molar-refractivity contribution is 7.92. The van der Waals surface area contributed by atoms with Crippen LogP contribution >= 0.6 is 0 Å². The third-order valence-electron chi connectivity index (χ3n) is 3.46. The van der Waals surface area contributed by atoms with Gasteiger partial charge in [0.05, 0.1) is 17.6 Å². The number of carbonyl (C=O) groups excluding carboxylic acids is 1. The highest BCUT2D eigenvalue weighted by atomic mass is 32.2. The first kappa shape index (κ1) is 12.8. The van der Waals surface area contributed by atoms with Crippen molar-refractivity contribution in [1.82, 2.24) is 5.32 Å². The molecule has 2 rings (SSSR count). The molecule has 0 saturated carbocycles. The molecule has 2 atom stereocenters. The van der Waals surface area contributed by atoms with Crippen molar-refractivity contribution in [2.24, 2.45) is 5.73 Å². The smallest absolute Gasteiger partial charge is 0.242 e. The Kier molecular flexibility index (Phi) is 3.42. The van der Waals surface area contributed by atoms with Crippen LogP contribution < -0.4 is 11.1 Å². The van der Waals surface area contributed by atoms with Gasteiger partial charge < -0.3 is 15.8 Å². The van der Waals surface area contributed by atoms with Crippen molar-refractivity contribution >= 4 is 15.7 Å². The van der Waals surface area contributed by atoms with Crippen LogP contribution in [0, 0.1) is 0 Å². The van der Waals surface area contributed by atoms with E-state index in [0.717, 1.165) is 0 Å². The summed E-state index contributed by atoms with van der Waals surface area (Å²) in [6, 6.07) is 0. The summed E-state index contributed by atoms with van der Waals surface area (Å²) in [6.07, 6.45) is 1.78. The van der Waals surface area contributed by atoms with Crippen LogP contribution in [0.25, 0.3) is 0 Å². The number of sulfone groups is 1. The van der Waals surface area contributed by atoms with Crippen molar-refractivity contribution < 1.29 is 17.9 Å². The molecule has 98 valence electrons. The van der Waals surface area contributed by atoms with E-state index in [-0.39, 0.29) is 24.8 Å². The molecule has 17 heavy (non-hydrogen) atoms. The lowest BCUT2D eigenvalue weighted by Gasteiger charge is -2.21. The van der Waals surface area contributed by atoms with E-state index in [9.17, 15) is 13.2 Å². The summed E-state index contributed by atoms with van der Waals surface area (Å²) in [5.74, 6) is -0.0816. The van der Waals surface area contributed by atoms with E-state index < -0.39 is 20.6 Å². The number of nitrogens with two attached hydrogens (primary N) is 1. The predicted molar refractivity (Wildman–Crippen MR) is 62.2 cm³/mol. The van der Waals surface area contributed by atoms with Crippen molar-refractivity contribution in [3.05, 3.63) is 0 Å². The first-order valence-corrected chi connectivity index (χ1v) is 7.52. The molecule has 2 aliphatic heterocycles. The maximum absolute atomic E-state index is 11.8. The topological polar surface area (TPSA) is 98.5 Å². The molecule has 0 radical (unpaired) electrons. The lowest BCUT2D eigenvalue weighted by atomic mass is 9.99. The fraction of sp³-hybridized carbons (Fsp3) is 0.900. The van der Waals surface area contributed by atoms with Crippen LogP contribution in [0.1, 0.15) is 19.3 Å². The number of carbonyl (C=O) groups is 1. The number of hydrogen-bond donors (Lipinski definition) is 2. The quantitative estimate of drug-likeness (QED) is 0.665. The van der Waals surface area contributed by atoms with Crippen molar-refractivity contribution in [2.75, 3.05) is 25.5 Å². The molecule has 0 aliphatic carbocycles. The first-order chi connectivity index (χ1) is 7.94. The minimum Gasteiger partial charge on any atom is -0.379 e. The lowest BCUT2D eigenvalue weighted by Crippen LogP contribution is -2.55. The molecule has 2 unspecified atom stereocenters. The minimum atomic E-state index is -3.01. The largest absolute Gasteiger partial charge is 0.379 e. The van der Waals surface area contributed by atoms with Crippen molar-refractivity contribution in [2.45, 2.75) is 30.1 Å². The minimum absolute atomic E-state index is 0.167. The van der Waals surface area contributed by atoms with E-state index in [0.29, 0.717) is 25.9 Å². The molecular weight excluding hydrogens is 244 g/mol. The molecule has 1 amide bonds. The zero-order valence-corrected chi connectivity index (χ0v) is 10.5. The summed E-state index contributed by atoms with van der Waals surface area (Å²) in [5.41, 5.74) is 4.88. The van der Waals surface area contributed by atoms with Gasteiger partial charge in [0, 0.05) is 13.2 Å². The molecule has 0 bridgehead atoms. The zero-order valence-electron chi connectivity index (χ0n) is 9.65. The Hall–Kier alpha value is -0.660. The Morgan fingerprint density at radius 1 is 1.53 bits per heavy atom. The number of rotatable bonds is 3. The molecule has 2 heterocycles. The average Bonchev–Trinajstić information content (AvgIpc) is 2.82. The van der Waals surface area contributed by atoms with Crippen LogP contribution in [0.3, 0.4) is 0 Å². The molecule has 6 nitrogen and oxygen atoms in total.